The van der Waals surface area contributed by atoms with Crippen LogP contribution in [0.4, 0.5) is 0 Å². The topological polar surface area (TPSA) is 73.4 Å². The van der Waals surface area contributed by atoms with Crippen molar-refractivity contribution in [3.8, 4) is 0 Å². The van der Waals surface area contributed by atoms with Crippen molar-refractivity contribution in [1.82, 2.24) is 9.88 Å². The highest BCUT2D eigenvalue weighted by molar-refractivity contribution is 5.92. The predicted molar refractivity (Wildman–Crippen MR) is 88.3 cm³/mol. The Morgan fingerprint density at radius 3 is 2.91 bits per heavy atom. The first kappa shape index (κ1) is 15.6. The quantitative estimate of drug-likeness (QED) is 0.915. The largest absolute Gasteiger partial charge is 0.480 e. The normalized spacial score (nSPS) is 21.6. The Morgan fingerprint density at radius 1 is 1.39 bits per heavy atom. The maximum atomic E-state index is 12.7. The summed E-state index contributed by atoms with van der Waals surface area (Å²) in [4.78, 5) is 28.9. The summed E-state index contributed by atoms with van der Waals surface area (Å²) in [5.41, 5.74) is 3.06. The number of carbonyl (C=O) groups is 2. The Morgan fingerprint density at radius 2 is 2.17 bits per heavy atom. The van der Waals surface area contributed by atoms with E-state index in [1.54, 1.807) is 4.90 Å². The van der Waals surface area contributed by atoms with E-state index in [1.165, 1.54) is 0 Å². The summed E-state index contributed by atoms with van der Waals surface area (Å²) in [6.07, 6.45) is 3.50. The summed E-state index contributed by atoms with van der Waals surface area (Å²) in [5, 5.41) is 10.5. The molecular formula is C18H22N2O3. The number of rotatable bonds is 3. The number of carboxylic acid groups (broad SMARTS) is 1. The number of aryl methyl sites for hydroxylation is 1. The van der Waals surface area contributed by atoms with Crippen LogP contribution < -0.4 is 0 Å². The zero-order valence-corrected chi connectivity index (χ0v) is 13.5. The molecule has 1 fully saturated rings. The lowest BCUT2D eigenvalue weighted by Crippen LogP contribution is -2.50. The van der Waals surface area contributed by atoms with E-state index in [0.29, 0.717) is 18.9 Å². The van der Waals surface area contributed by atoms with E-state index in [4.69, 9.17) is 0 Å². The Hall–Kier alpha value is -2.30. The maximum Gasteiger partial charge on any atom is 0.326 e. The fourth-order valence-corrected chi connectivity index (χ4v) is 3.53. The van der Waals surface area contributed by atoms with Gasteiger partial charge in [0.05, 0.1) is 6.42 Å². The number of nitrogens with one attached hydrogen (secondary N) is 1. The number of likely N-dealkylation sites (tertiary alicyclic amines) is 1. The van der Waals surface area contributed by atoms with Crippen LogP contribution in [0, 0.1) is 12.8 Å². The minimum atomic E-state index is -0.903. The van der Waals surface area contributed by atoms with Crippen molar-refractivity contribution in [2.45, 2.75) is 39.2 Å². The molecule has 2 N–H and O–H groups in total. The average Bonchev–Trinajstić information content (AvgIpc) is 2.91. The highest BCUT2D eigenvalue weighted by Crippen LogP contribution is 2.26. The maximum absolute atomic E-state index is 12.7. The third-order valence-electron chi connectivity index (χ3n) is 4.81. The van der Waals surface area contributed by atoms with Crippen LogP contribution in [0.3, 0.4) is 0 Å². The van der Waals surface area contributed by atoms with Crippen molar-refractivity contribution in [1.29, 1.82) is 0 Å². The molecule has 0 aliphatic carbocycles. The molecule has 3 rings (SSSR count). The van der Waals surface area contributed by atoms with E-state index in [9.17, 15) is 14.7 Å². The molecule has 1 aromatic carbocycles. The first-order chi connectivity index (χ1) is 11.0. The van der Waals surface area contributed by atoms with Crippen LogP contribution in [0.5, 0.6) is 0 Å². The first-order valence-corrected chi connectivity index (χ1v) is 8.05. The van der Waals surface area contributed by atoms with Gasteiger partial charge in [-0.2, -0.15) is 0 Å². The molecule has 2 atom stereocenters. The van der Waals surface area contributed by atoms with Gasteiger partial charge in [-0.1, -0.05) is 19.1 Å². The van der Waals surface area contributed by atoms with E-state index in [2.05, 4.69) is 4.98 Å². The van der Waals surface area contributed by atoms with E-state index >= 15 is 0 Å². The molecule has 1 aromatic heterocycles. The number of benzene rings is 1. The number of hydrogen-bond acceptors (Lipinski definition) is 2. The second-order valence-electron chi connectivity index (χ2n) is 6.56. The van der Waals surface area contributed by atoms with Gasteiger partial charge in [-0.15, -0.1) is 0 Å². The van der Waals surface area contributed by atoms with Crippen molar-refractivity contribution in [3.63, 3.8) is 0 Å². The van der Waals surface area contributed by atoms with Gasteiger partial charge < -0.3 is 15.0 Å². The highest BCUT2D eigenvalue weighted by atomic mass is 16.4. The van der Waals surface area contributed by atoms with Crippen LogP contribution in [0.2, 0.25) is 0 Å². The number of carboxylic acids is 1. The Bertz CT molecular complexity index is 750. The number of aromatic nitrogens is 1. The van der Waals surface area contributed by atoms with Crippen LogP contribution >= 0.6 is 0 Å². The van der Waals surface area contributed by atoms with Crippen LogP contribution in [-0.4, -0.2) is 39.5 Å². The van der Waals surface area contributed by atoms with Crippen LogP contribution in [-0.2, 0) is 16.0 Å². The molecule has 0 spiro atoms. The highest BCUT2D eigenvalue weighted by Gasteiger charge is 2.34. The molecule has 122 valence electrons. The van der Waals surface area contributed by atoms with E-state index in [0.717, 1.165) is 28.5 Å². The fourth-order valence-electron chi connectivity index (χ4n) is 3.53. The lowest BCUT2D eigenvalue weighted by molar-refractivity contribution is -0.152. The number of H-pyrrole nitrogens is 1. The van der Waals surface area contributed by atoms with E-state index in [1.807, 2.05) is 38.2 Å². The smallest absolute Gasteiger partial charge is 0.326 e. The molecule has 0 bridgehead atoms. The third kappa shape index (κ3) is 2.96. The summed E-state index contributed by atoms with van der Waals surface area (Å²) in [6.45, 7) is 4.59. The molecular weight excluding hydrogens is 292 g/mol. The Balaban J connectivity index is 1.84. The van der Waals surface area contributed by atoms with Gasteiger partial charge in [-0.25, -0.2) is 4.79 Å². The minimum absolute atomic E-state index is 0.103. The molecule has 0 radical (unpaired) electrons. The molecule has 23 heavy (non-hydrogen) atoms. The van der Waals surface area contributed by atoms with Crippen LogP contribution in [0.15, 0.2) is 24.4 Å². The molecule has 5 heteroatoms. The molecule has 1 saturated heterocycles. The van der Waals surface area contributed by atoms with Gasteiger partial charge in [0, 0.05) is 23.6 Å². The Labute approximate surface area is 135 Å². The second kappa shape index (κ2) is 6.07. The zero-order chi connectivity index (χ0) is 16.6. The summed E-state index contributed by atoms with van der Waals surface area (Å²) in [7, 11) is 0. The molecule has 1 aliphatic rings. The minimum Gasteiger partial charge on any atom is -0.480 e. The zero-order valence-electron chi connectivity index (χ0n) is 13.5. The molecule has 2 heterocycles. The Kier molecular flexibility index (Phi) is 4.11. The molecule has 0 saturated carbocycles. The number of fused-ring (bicyclic) bond motifs is 1. The van der Waals surface area contributed by atoms with Gasteiger partial charge in [0.25, 0.3) is 0 Å². The van der Waals surface area contributed by atoms with Gasteiger partial charge in [0.2, 0.25) is 5.91 Å². The SMILES string of the molecule is Cc1cccc2[nH]cc(CC(=O)N3CCC(C)CC3C(=O)O)c12. The fraction of sp³-hybridized carbons (Fsp3) is 0.444. The summed E-state index contributed by atoms with van der Waals surface area (Å²) in [5.74, 6) is -0.663. The lowest BCUT2D eigenvalue weighted by atomic mass is 9.92. The number of aromatic amines is 1. The van der Waals surface area contributed by atoms with Gasteiger partial charge in [-0.3, -0.25) is 4.79 Å². The van der Waals surface area contributed by atoms with Crippen molar-refractivity contribution in [2.24, 2.45) is 5.92 Å². The average molecular weight is 314 g/mol. The van der Waals surface area contributed by atoms with Gasteiger partial charge in [0.15, 0.2) is 0 Å². The van der Waals surface area contributed by atoms with Gasteiger partial charge in [-0.05, 0) is 42.9 Å². The standard InChI is InChI=1S/C18H22N2O3/c1-11-6-7-20(15(8-11)18(22)23)16(21)9-13-10-19-14-5-3-4-12(2)17(13)14/h3-5,10-11,15,19H,6-9H2,1-2H3,(H,22,23). The summed E-state index contributed by atoms with van der Waals surface area (Å²) in [6, 6.07) is 5.29. The third-order valence-corrected chi connectivity index (χ3v) is 4.81. The second-order valence-corrected chi connectivity index (χ2v) is 6.56. The van der Waals surface area contributed by atoms with Crippen LogP contribution in [0.1, 0.15) is 30.9 Å². The number of piperidine rings is 1. The van der Waals surface area contributed by atoms with Crippen LogP contribution in [0.25, 0.3) is 10.9 Å². The van der Waals surface area contributed by atoms with Gasteiger partial charge in [0.1, 0.15) is 6.04 Å². The van der Waals surface area contributed by atoms with Gasteiger partial charge >= 0.3 is 5.97 Å². The van der Waals surface area contributed by atoms with Crippen molar-refractivity contribution in [2.75, 3.05) is 6.54 Å². The number of carbonyl (C=O) groups excluding carboxylic acids is 1. The predicted octanol–water partition coefficient (Wildman–Crippen LogP) is 2.73. The molecule has 1 aliphatic heterocycles. The number of nitrogens with zero attached hydrogens (tertiary/aromatic N) is 1. The lowest BCUT2D eigenvalue weighted by Gasteiger charge is -2.36. The molecule has 2 unspecified atom stereocenters. The number of amides is 1. The molecule has 5 nitrogen and oxygen atoms in total. The number of hydrogen-bond donors (Lipinski definition) is 2. The summed E-state index contributed by atoms with van der Waals surface area (Å²) < 4.78 is 0. The molecule has 1 amide bonds. The first-order valence-electron chi connectivity index (χ1n) is 8.05. The van der Waals surface area contributed by atoms with Crippen molar-refractivity contribution < 1.29 is 14.7 Å². The van der Waals surface area contributed by atoms with E-state index in [-0.39, 0.29) is 12.3 Å². The number of aliphatic carboxylic acids is 1. The molecule has 2 aromatic rings. The summed E-state index contributed by atoms with van der Waals surface area (Å²) >= 11 is 0. The monoisotopic (exact) mass is 314 g/mol. The van der Waals surface area contributed by atoms with Crippen molar-refractivity contribution >= 4 is 22.8 Å². The van der Waals surface area contributed by atoms with E-state index < -0.39 is 12.0 Å². The van der Waals surface area contributed by atoms with Crippen molar-refractivity contribution in [3.05, 3.63) is 35.5 Å².